The Hall–Kier alpha value is -0.380. The van der Waals surface area contributed by atoms with E-state index in [1.54, 1.807) is 20.8 Å². The van der Waals surface area contributed by atoms with Crippen LogP contribution in [0.25, 0.3) is 0 Å². The zero-order valence-electron chi connectivity index (χ0n) is 9.39. The van der Waals surface area contributed by atoms with E-state index in [0.717, 1.165) is 0 Å². The van der Waals surface area contributed by atoms with Crippen molar-refractivity contribution < 1.29 is 23.9 Å². The first-order chi connectivity index (χ1) is 6.83. The third-order valence-corrected chi connectivity index (χ3v) is 4.72. The van der Waals surface area contributed by atoms with Crippen LogP contribution in [0.4, 0.5) is 0 Å². The molecule has 0 heterocycles. The van der Waals surface area contributed by atoms with Crippen molar-refractivity contribution in [1.29, 1.82) is 0 Å². The van der Waals surface area contributed by atoms with Gasteiger partial charge in [0, 0.05) is 6.42 Å². The number of carbonyl (C=O) groups excluding carboxylic acids is 1. The fourth-order valence-electron chi connectivity index (χ4n) is 1.27. The summed E-state index contributed by atoms with van der Waals surface area (Å²) < 4.78 is 16.2. The minimum Gasteiger partial charge on any atom is -0.464 e. The second-order valence-corrected chi connectivity index (χ2v) is 5.53. The monoisotopic (exact) mass is 238 g/mol. The van der Waals surface area contributed by atoms with Gasteiger partial charge in [-0.1, -0.05) is 20.8 Å². The van der Waals surface area contributed by atoms with Crippen molar-refractivity contribution in [2.45, 2.75) is 45.2 Å². The molecule has 0 unspecified atom stereocenters. The molecule has 0 amide bonds. The summed E-state index contributed by atoms with van der Waals surface area (Å²) in [5.74, 6) is -0.435. The van der Waals surface area contributed by atoms with Gasteiger partial charge < -0.3 is 14.5 Å². The Morgan fingerprint density at radius 1 is 1.27 bits per heavy atom. The summed E-state index contributed by atoms with van der Waals surface area (Å²) in [7, 11) is -4.25. The van der Waals surface area contributed by atoms with Gasteiger partial charge in [-0.15, -0.1) is 0 Å². The van der Waals surface area contributed by atoms with Crippen molar-refractivity contribution in [3.05, 3.63) is 0 Å². The van der Waals surface area contributed by atoms with Crippen LogP contribution in [0.5, 0.6) is 0 Å². The average Bonchev–Trinajstić information content (AvgIpc) is 2.17. The van der Waals surface area contributed by atoms with E-state index in [0.29, 0.717) is 0 Å². The molecule has 0 spiro atoms. The van der Waals surface area contributed by atoms with E-state index in [4.69, 9.17) is 4.74 Å². The van der Waals surface area contributed by atoms with Gasteiger partial charge in [-0.25, -0.2) is 0 Å². The quantitative estimate of drug-likeness (QED) is 0.543. The van der Waals surface area contributed by atoms with Gasteiger partial charge in [0.15, 0.2) is 0 Å². The molecule has 0 rings (SSSR count). The van der Waals surface area contributed by atoms with Gasteiger partial charge in [-0.05, 0) is 12.8 Å². The molecule has 15 heavy (non-hydrogen) atoms. The lowest BCUT2D eigenvalue weighted by Gasteiger charge is -2.31. The lowest BCUT2D eigenvalue weighted by molar-refractivity contribution is -0.144. The summed E-state index contributed by atoms with van der Waals surface area (Å²) in [6.07, 6.45) is 0.778. The molecular weight excluding hydrogens is 219 g/mol. The van der Waals surface area contributed by atoms with Gasteiger partial charge in [-0.3, -0.25) is 9.36 Å². The highest BCUT2D eigenvalue weighted by Gasteiger charge is 2.44. The maximum atomic E-state index is 11.3. The minimum absolute atomic E-state index is 0.211. The molecule has 0 aliphatic rings. The highest BCUT2D eigenvalue weighted by Crippen LogP contribution is 2.54. The predicted molar refractivity (Wildman–Crippen MR) is 56.6 cm³/mol. The Bertz CT molecular complexity index is 253. The molecule has 0 bridgehead atoms. The van der Waals surface area contributed by atoms with Gasteiger partial charge in [0.25, 0.3) is 0 Å². The topological polar surface area (TPSA) is 83.8 Å². The molecule has 0 radical (unpaired) electrons. The third-order valence-electron chi connectivity index (χ3n) is 2.72. The van der Waals surface area contributed by atoms with Crippen LogP contribution in [0, 0.1) is 0 Å². The zero-order valence-corrected chi connectivity index (χ0v) is 10.3. The van der Waals surface area contributed by atoms with Crippen LogP contribution in [0.1, 0.15) is 40.0 Å². The Morgan fingerprint density at radius 3 is 2.00 bits per heavy atom. The van der Waals surface area contributed by atoms with E-state index in [1.165, 1.54) is 0 Å². The smallest absolute Gasteiger partial charge is 0.335 e. The number of carbonyl (C=O) groups is 1. The molecule has 0 atom stereocenters. The lowest BCUT2D eigenvalue weighted by Crippen LogP contribution is -2.34. The van der Waals surface area contributed by atoms with E-state index in [9.17, 15) is 19.1 Å². The number of rotatable bonds is 6. The van der Waals surface area contributed by atoms with Crippen molar-refractivity contribution in [3.63, 3.8) is 0 Å². The van der Waals surface area contributed by atoms with Crippen LogP contribution < -0.4 is 0 Å². The lowest BCUT2D eigenvalue weighted by atomic mass is 10.0. The Balaban J connectivity index is 4.67. The molecule has 6 heteroatoms. The summed E-state index contributed by atoms with van der Waals surface area (Å²) in [4.78, 5) is 29.4. The Labute approximate surface area is 90.0 Å². The van der Waals surface area contributed by atoms with Gasteiger partial charge in [0.2, 0.25) is 0 Å². The predicted octanol–water partition coefficient (Wildman–Crippen LogP) is 1.68. The van der Waals surface area contributed by atoms with Gasteiger partial charge in [-0.2, -0.15) is 0 Å². The molecule has 0 aliphatic carbocycles. The number of esters is 1. The molecule has 0 saturated carbocycles. The number of hydrogen-bond acceptors (Lipinski definition) is 3. The van der Waals surface area contributed by atoms with Gasteiger partial charge >= 0.3 is 13.6 Å². The number of hydrogen-bond donors (Lipinski definition) is 2. The van der Waals surface area contributed by atoms with E-state index in [1.807, 2.05) is 0 Å². The molecule has 0 aromatic heterocycles. The van der Waals surface area contributed by atoms with Crippen molar-refractivity contribution in [1.82, 2.24) is 0 Å². The van der Waals surface area contributed by atoms with Crippen LogP contribution in [-0.4, -0.2) is 27.5 Å². The van der Waals surface area contributed by atoms with E-state index < -0.39 is 18.7 Å². The van der Waals surface area contributed by atoms with Crippen LogP contribution in [0.3, 0.4) is 0 Å². The minimum atomic E-state index is -4.25. The molecule has 0 saturated heterocycles. The molecule has 0 aromatic rings. The standard InChI is InChI=1S/C9H19O5P/c1-4-8(10)14-7-9(5-2,6-3)15(11,12)13/h4-7H2,1-3H3,(H2,11,12,13). The summed E-state index contributed by atoms with van der Waals surface area (Å²) in [5.41, 5.74) is 0. The van der Waals surface area contributed by atoms with Crippen molar-refractivity contribution >= 4 is 13.6 Å². The van der Waals surface area contributed by atoms with Crippen LogP contribution in [-0.2, 0) is 14.1 Å². The highest BCUT2D eigenvalue weighted by atomic mass is 31.2. The first-order valence-corrected chi connectivity index (χ1v) is 6.65. The van der Waals surface area contributed by atoms with Crippen molar-refractivity contribution in [2.24, 2.45) is 0 Å². The first-order valence-electron chi connectivity index (χ1n) is 5.04. The first kappa shape index (κ1) is 14.6. The fourth-order valence-corrected chi connectivity index (χ4v) is 2.32. The summed E-state index contributed by atoms with van der Waals surface area (Å²) in [6, 6.07) is 0. The summed E-state index contributed by atoms with van der Waals surface area (Å²) >= 11 is 0. The highest BCUT2D eigenvalue weighted by molar-refractivity contribution is 7.53. The van der Waals surface area contributed by atoms with E-state index in [-0.39, 0.29) is 25.9 Å². The van der Waals surface area contributed by atoms with Gasteiger partial charge in [0.05, 0.1) is 0 Å². The van der Waals surface area contributed by atoms with Crippen molar-refractivity contribution in [2.75, 3.05) is 6.61 Å². The molecule has 0 aromatic carbocycles. The summed E-state index contributed by atoms with van der Waals surface area (Å²) in [5, 5.41) is -1.22. The SMILES string of the molecule is CCC(=O)OCC(CC)(CC)P(=O)(O)O. The van der Waals surface area contributed by atoms with Gasteiger partial charge in [0.1, 0.15) is 11.8 Å². The zero-order chi connectivity index (χ0) is 12.1. The molecule has 90 valence electrons. The maximum Gasteiger partial charge on any atom is 0.335 e. The second-order valence-electron chi connectivity index (χ2n) is 3.49. The molecule has 2 N–H and O–H groups in total. The summed E-state index contributed by atoms with van der Waals surface area (Å²) in [6.45, 7) is 4.79. The third kappa shape index (κ3) is 3.59. The van der Waals surface area contributed by atoms with E-state index >= 15 is 0 Å². The normalized spacial score (nSPS) is 12.6. The second kappa shape index (κ2) is 5.64. The largest absolute Gasteiger partial charge is 0.464 e. The maximum absolute atomic E-state index is 11.3. The molecule has 0 fully saturated rings. The molecule has 5 nitrogen and oxygen atoms in total. The van der Waals surface area contributed by atoms with Crippen LogP contribution >= 0.6 is 7.60 Å². The average molecular weight is 238 g/mol. The Kier molecular flexibility index (Phi) is 5.49. The fraction of sp³-hybridized carbons (Fsp3) is 0.889. The van der Waals surface area contributed by atoms with E-state index in [2.05, 4.69) is 0 Å². The van der Waals surface area contributed by atoms with Crippen LogP contribution in [0.2, 0.25) is 0 Å². The van der Waals surface area contributed by atoms with Crippen LogP contribution in [0.15, 0.2) is 0 Å². The van der Waals surface area contributed by atoms with Crippen molar-refractivity contribution in [3.8, 4) is 0 Å². The Morgan fingerprint density at radius 2 is 1.73 bits per heavy atom. The molecular formula is C9H19O5P. The molecule has 0 aliphatic heterocycles. The number of ether oxygens (including phenoxy) is 1.